The quantitative estimate of drug-likeness (QED) is 0.814. The van der Waals surface area contributed by atoms with Gasteiger partial charge >= 0.3 is 6.09 Å². The molecule has 1 aliphatic carbocycles. The molecule has 102 valence electrons. The average Bonchev–Trinajstić information content (AvgIpc) is 2.90. The van der Waals surface area contributed by atoms with Crippen LogP contribution in [0.1, 0.15) is 31.2 Å². The number of carbonyl (C=O) groups excluding carboxylic acids is 1. The van der Waals surface area contributed by atoms with Crippen LogP contribution in [0.3, 0.4) is 0 Å². The summed E-state index contributed by atoms with van der Waals surface area (Å²) >= 11 is 0. The monoisotopic (exact) mass is 259 g/mol. The Morgan fingerprint density at radius 3 is 2.37 bits per heavy atom. The zero-order valence-corrected chi connectivity index (χ0v) is 11.3. The van der Waals surface area contributed by atoms with Gasteiger partial charge < -0.3 is 9.64 Å². The fraction of sp³-hybridized carbons (Fsp3) is 0.562. The van der Waals surface area contributed by atoms with Crippen molar-refractivity contribution >= 4 is 6.09 Å². The Morgan fingerprint density at radius 2 is 1.74 bits per heavy atom. The van der Waals surface area contributed by atoms with Gasteiger partial charge in [-0.15, -0.1) is 0 Å². The van der Waals surface area contributed by atoms with Crippen molar-refractivity contribution in [1.29, 1.82) is 0 Å². The second-order valence-electron chi connectivity index (χ2n) is 5.75. The van der Waals surface area contributed by atoms with Crippen LogP contribution in [0.2, 0.25) is 0 Å². The predicted octanol–water partition coefficient (Wildman–Crippen LogP) is 3.45. The summed E-state index contributed by atoms with van der Waals surface area (Å²) < 4.78 is 5.41. The zero-order valence-electron chi connectivity index (χ0n) is 11.3. The molecule has 19 heavy (non-hydrogen) atoms. The highest BCUT2D eigenvalue weighted by Gasteiger charge is 2.36. The molecule has 0 N–H and O–H groups in total. The van der Waals surface area contributed by atoms with Crippen molar-refractivity contribution < 1.29 is 9.53 Å². The number of rotatable bonds is 2. The molecule has 3 rings (SSSR count). The molecule has 1 aromatic carbocycles. The minimum absolute atomic E-state index is 0.141. The number of hydrogen-bond acceptors (Lipinski definition) is 2. The highest BCUT2D eigenvalue weighted by Crippen LogP contribution is 2.36. The molecule has 1 heterocycles. The maximum Gasteiger partial charge on any atom is 0.410 e. The Kier molecular flexibility index (Phi) is 3.72. The Morgan fingerprint density at radius 1 is 1.11 bits per heavy atom. The topological polar surface area (TPSA) is 29.5 Å². The molecule has 2 aliphatic rings. The van der Waals surface area contributed by atoms with Gasteiger partial charge in [-0.25, -0.2) is 4.79 Å². The zero-order chi connectivity index (χ0) is 13.1. The number of nitrogens with zero attached hydrogens (tertiary/aromatic N) is 1. The van der Waals surface area contributed by atoms with Gasteiger partial charge in [-0.3, -0.25) is 0 Å². The summed E-state index contributed by atoms with van der Waals surface area (Å²) in [6.07, 6.45) is 5.08. The summed E-state index contributed by atoms with van der Waals surface area (Å²) in [5.41, 5.74) is 1.05. The first-order valence-electron chi connectivity index (χ1n) is 7.28. The van der Waals surface area contributed by atoms with Crippen molar-refractivity contribution in [2.45, 2.75) is 32.3 Å². The van der Waals surface area contributed by atoms with Crippen molar-refractivity contribution in [1.82, 2.24) is 4.90 Å². The minimum atomic E-state index is -0.141. The summed E-state index contributed by atoms with van der Waals surface area (Å²) in [4.78, 5) is 14.0. The second-order valence-corrected chi connectivity index (χ2v) is 5.75. The van der Waals surface area contributed by atoms with Gasteiger partial charge in [-0.1, -0.05) is 43.2 Å². The molecule has 3 heteroatoms. The third-order valence-corrected chi connectivity index (χ3v) is 4.44. The summed E-state index contributed by atoms with van der Waals surface area (Å²) in [5, 5.41) is 0. The molecule has 3 nitrogen and oxygen atoms in total. The van der Waals surface area contributed by atoms with Crippen molar-refractivity contribution in [2.75, 3.05) is 13.1 Å². The Bertz CT molecular complexity index is 418. The molecule has 0 aromatic heterocycles. The van der Waals surface area contributed by atoms with Crippen LogP contribution in [0.5, 0.6) is 0 Å². The van der Waals surface area contributed by atoms with E-state index in [2.05, 4.69) is 0 Å². The number of benzene rings is 1. The average molecular weight is 259 g/mol. The predicted molar refractivity (Wildman–Crippen MR) is 73.6 cm³/mol. The normalized spacial score (nSPS) is 26.0. The van der Waals surface area contributed by atoms with Gasteiger partial charge in [0.05, 0.1) is 0 Å². The Balaban J connectivity index is 1.51. The molecule has 0 spiro atoms. The van der Waals surface area contributed by atoms with Crippen LogP contribution < -0.4 is 0 Å². The molecule has 0 radical (unpaired) electrons. The van der Waals surface area contributed by atoms with Crippen LogP contribution in [0, 0.1) is 11.8 Å². The van der Waals surface area contributed by atoms with E-state index in [-0.39, 0.29) is 6.09 Å². The number of amides is 1. The highest BCUT2D eigenvalue weighted by atomic mass is 16.6. The largest absolute Gasteiger partial charge is 0.445 e. The molecule has 1 amide bonds. The van der Waals surface area contributed by atoms with Gasteiger partial charge in [-0.2, -0.15) is 0 Å². The van der Waals surface area contributed by atoms with Gasteiger partial charge in [0.1, 0.15) is 6.61 Å². The number of hydrogen-bond donors (Lipinski definition) is 0. The first-order chi connectivity index (χ1) is 9.33. The van der Waals surface area contributed by atoms with E-state index in [1.54, 1.807) is 0 Å². The van der Waals surface area contributed by atoms with E-state index in [1.807, 2.05) is 35.2 Å². The molecule has 0 bridgehead atoms. The van der Waals surface area contributed by atoms with E-state index in [4.69, 9.17) is 4.74 Å². The lowest BCUT2D eigenvalue weighted by Crippen LogP contribution is -2.29. The maximum atomic E-state index is 12.1. The second kappa shape index (κ2) is 5.64. The van der Waals surface area contributed by atoms with E-state index >= 15 is 0 Å². The van der Waals surface area contributed by atoms with Crippen LogP contribution in [-0.2, 0) is 11.3 Å². The lowest BCUT2D eigenvalue weighted by molar-refractivity contribution is 0.102. The number of fused-ring (bicyclic) bond motifs is 1. The van der Waals surface area contributed by atoms with Crippen LogP contribution in [-0.4, -0.2) is 24.1 Å². The third-order valence-electron chi connectivity index (χ3n) is 4.44. The molecular formula is C16H21NO2. The van der Waals surface area contributed by atoms with Gasteiger partial charge in [0.25, 0.3) is 0 Å². The fourth-order valence-electron chi connectivity index (χ4n) is 3.37. The summed E-state index contributed by atoms with van der Waals surface area (Å²) in [6, 6.07) is 9.87. The third kappa shape index (κ3) is 2.91. The van der Waals surface area contributed by atoms with E-state index in [0.717, 1.165) is 30.5 Å². The highest BCUT2D eigenvalue weighted by molar-refractivity contribution is 5.68. The smallest absolute Gasteiger partial charge is 0.410 e. The molecule has 2 atom stereocenters. The van der Waals surface area contributed by atoms with Crippen molar-refractivity contribution in [2.24, 2.45) is 11.8 Å². The van der Waals surface area contributed by atoms with Gasteiger partial charge in [0, 0.05) is 13.1 Å². The lowest BCUT2D eigenvalue weighted by atomic mass is 9.82. The van der Waals surface area contributed by atoms with Crippen LogP contribution in [0.4, 0.5) is 4.79 Å². The Hall–Kier alpha value is -1.51. The van der Waals surface area contributed by atoms with E-state index in [0.29, 0.717) is 6.61 Å². The lowest BCUT2D eigenvalue weighted by Gasteiger charge is -2.22. The van der Waals surface area contributed by atoms with Crippen LogP contribution in [0.25, 0.3) is 0 Å². The van der Waals surface area contributed by atoms with Gasteiger partial charge in [-0.05, 0) is 30.2 Å². The number of ether oxygens (including phenoxy) is 1. The van der Waals surface area contributed by atoms with Crippen LogP contribution in [0.15, 0.2) is 30.3 Å². The van der Waals surface area contributed by atoms with E-state index in [9.17, 15) is 4.79 Å². The van der Waals surface area contributed by atoms with Crippen molar-refractivity contribution in [3.63, 3.8) is 0 Å². The maximum absolute atomic E-state index is 12.1. The van der Waals surface area contributed by atoms with Crippen molar-refractivity contribution in [3.8, 4) is 0 Å². The molecule has 0 unspecified atom stereocenters. The Labute approximate surface area is 114 Å². The molecule has 1 saturated carbocycles. The minimum Gasteiger partial charge on any atom is -0.445 e. The van der Waals surface area contributed by atoms with E-state index < -0.39 is 0 Å². The van der Waals surface area contributed by atoms with Crippen molar-refractivity contribution in [3.05, 3.63) is 35.9 Å². The standard InChI is InChI=1S/C16H21NO2/c18-16(19-12-13-6-2-1-3-7-13)17-10-14-8-4-5-9-15(14)11-17/h1-3,6-7,14-15H,4-5,8-12H2/t14-,15+. The molecular weight excluding hydrogens is 238 g/mol. The first kappa shape index (κ1) is 12.5. The van der Waals surface area contributed by atoms with E-state index in [1.165, 1.54) is 25.7 Å². The number of carbonyl (C=O) groups is 1. The molecule has 1 aromatic rings. The van der Waals surface area contributed by atoms with Gasteiger partial charge in [0.2, 0.25) is 0 Å². The van der Waals surface area contributed by atoms with Gasteiger partial charge in [0.15, 0.2) is 0 Å². The SMILES string of the molecule is O=C(OCc1ccccc1)N1C[C@H]2CCCC[C@H]2C1. The summed E-state index contributed by atoms with van der Waals surface area (Å²) in [6.45, 7) is 2.18. The molecule has 2 fully saturated rings. The van der Waals surface area contributed by atoms with Crippen LogP contribution >= 0.6 is 0 Å². The first-order valence-corrected chi connectivity index (χ1v) is 7.28. The molecule has 1 aliphatic heterocycles. The molecule has 1 saturated heterocycles. The fourth-order valence-corrected chi connectivity index (χ4v) is 3.37. The summed E-state index contributed by atoms with van der Waals surface area (Å²) in [5.74, 6) is 1.44. The number of likely N-dealkylation sites (tertiary alicyclic amines) is 1. The summed E-state index contributed by atoms with van der Waals surface area (Å²) in [7, 11) is 0.